The number of benzene rings is 2. The summed E-state index contributed by atoms with van der Waals surface area (Å²) in [5.74, 6) is -0.315. The highest BCUT2D eigenvalue weighted by Gasteiger charge is 2.07. The van der Waals surface area contributed by atoms with Crippen molar-refractivity contribution in [2.45, 2.75) is 6.92 Å². The van der Waals surface area contributed by atoms with Gasteiger partial charge in [0.25, 0.3) is 5.91 Å². The summed E-state index contributed by atoms with van der Waals surface area (Å²) in [6.45, 7) is 1.78. The van der Waals surface area contributed by atoms with Gasteiger partial charge in [0.05, 0.1) is 11.4 Å². The number of hydrogen-bond donors (Lipinski definition) is 1. The average molecular weight is 341 g/mol. The van der Waals surface area contributed by atoms with E-state index in [1.165, 1.54) is 11.0 Å². The number of nitrogens with one attached hydrogen (secondary N) is 1. The number of hydrogen-bond acceptors (Lipinski definition) is 5. The summed E-state index contributed by atoms with van der Waals surface area (Å²) in [4.78, 5) is 12.2. The number of carbonyl (C=O) groups excluding carboxylic acids is 1. The Kier molecular flexibility index (Phi) is 4.62. The molecule has 1 heterocycles. The molecule has 0 radical (unpaired) electrons. The lowest BCUT2D eigenvalue weighted by atomic mass is 10.1. The Balaban J connectivity index is 1.71. The van der Waals surface area contributed by atoms with Crippen LogP contribution in [0.15, 0.2) is 60.0 Å². The van der Waals surface area contributed by atoms with E-state index in [0.717, 1.165) is 11.3 Å². The summed E-state index contributed by atoms with van der Waals surface area (Å²) in [5, 5.41) is 15.6. The van der Waals surface area contributed by atoms with Crippen LogP contribution in [0.3, 0.4) is 0 Å². The number of aromatic nitrogens is 4. The predicted molar refractivity (Wildman–Crippen MR) is 90.3 cm³/mol. The van der Waals surface area contributed by atoms with Crippen LogP contribution >= 0.6 is 11.6 Å². The van der Waals surface area contributed by atoms with E-state index in [4.69, 9.17) is 11.6 Å². The summed E-state index contributed by atoms with van der Waals surface area (Å²) < 4.78 is 1.50. The standard InChI is InChI=1S/C16H13ClN6O/c1-11(14-4-2-3-5-15(14)17)19-20-16(24)12-6-8-13(9-7-12)23-10-18-21-22-23/h2-10H,1H3,(H,20,24)/b19-11+. The summed E-state index contributed by atoms with van der Waals surface area (Å²) in [6, 6.07) is 14.2. The fraction of sp³-hybridized carbons (Fsp3) is 0.0625. The van der Waals surface area contributed by atoms with Crippen molar-refractivity contribution in [1.29, 1.82) is 0 Å². The van der Waals surface area contributed by atoms with Crippen molar-refractivity contribution < 1.29 is 4.79 Å². The molecule has 1 amide bonds. The molecule has 8 heteroatoms. The molecule has 0 aliphatic heterocycles. The van der Waals surface area contributed by atoms with Gasteiger partial charge in [0.2, 0.25) is 0 Å². The topological polar surface area (TPSA) is 85.1 Å². The number of hydrazone groups is 1. The molecule has 0 aliphatic carbocycles. The fourth-order valence-electron chi connectivity index (χ4n) is 2.06. The van der Waals surface area contributed by atoms with Crippen LogP contribution in [-0.2, 0) is 0 Å². The predicted octanol–water partition coefficient (Wildman–Crippen LogP) is 2.47. The highest BCUT2D eigenvalue weighted by molar-refractivity contribution is 6.34. The highest BCUT2D eigenvalue weighted by Crippen LogP contribution is 2.15. The first-order valence-corrected chi connectivity index (χ1v) is 7.46. The van der Waals surface area contributed by atoms with Crippen LogP contribution in [0.25, 0.3) is 5.69 Å². The van der Waals surface area contributed by atoms with E-state index < -0.39 is 0 Å². The minimum Gasteiger partial charge on any atom is -0.267 e. The largest absolute Gasteiger partial charge is 0.271 e. The van der Waals surface area contributed by atoms with Crippen molar-refractivity contribution in [3.05, 3.63) is 71.0 Å². The summed E-state index contributed by atoms with van der Waals surface area (Å²) in [5.41, 5.74) is 5.15. The van der Waals surface area contributed by atoms with Crippen LogP contribution in [0, 0.1) is 0 Å². The molecule has 0 aliphatic rings. The maximum Gasteiger partial charge on any atom is 0.271 e. The molecule has 0 fully saturated rings. The monoisotopic (exact) mass is 340 g/mol. The Hall–Kier alpha value is -3.06. The number of carbonyl (C=O) groups is 1. The van der Waals surface area contributed by atoms with E-state index in [1.54, 1.807) is 37.3 Å². The molecule has 0 spiro atoms. The van der Waals surface area contributed by atoms with Gasteiger partial charge in [-0.25, -0.2) is 10.1 Å². The maximum atomic E-state index is 12.2. The summed E-state index contributed by atoms with van der Waals surface area (Å²) in [7, 11) is 0. The van der Waals surface area contributed by atoms with Crippen molar-refractivity contribution in [1.82, 2.24) is 25.6 Å². The molecular formula is C16H13ClN6O. The van der Waals surface area contributed by atoms with E-state index in [-0.39, 0.29) is 5.91 Å². The molecule has 120 valence electrons. The van der Waals surface area contributed by atoms with Crippen molar-refractivity contribution in [3.8, 4) is 5.69 Å². The summed E-state index contributed by atoms with van der Waals surface area (Å²) >= 11 is 6.11. The fourth-order valence-corrected chi connectivity index (χ4v) is 2.33. The minimum atomic E-state index is -0.315. The van der Waals surface area contributed by atoms with Gasteiger partial charge in [0, 0.05) is 16.1 Å². The van der Waals surface area contributed by atoms with Gasteiger partial charge in [0.15, 0.2) is 0 Å². The van der Waals surface area contributed by atoms with Gasteiger partial charge in [-0.05, 0) is 47.7 Å². The Bertz CT molecular complexity index is 874. The maximum absolute atomic E-state index is 12.2. The van der Waals surface area contributed by atoms with E-state index in [0.29, 0.717) is 16.3 Å². The van der Waals surface area contributed by atoms with Crippen LogP contribution in [0.1, 0.15) is 22.8 Å². The highest BCUT2D eigenvalue weighted by atomic mass is 35.5. The second-order valence-corrected chi connectivity index (χ2v) is 5.33. The van der Waals surface area contributed by atoms with Gasteiger partial charge >= 0.3 is 0 Å². The Morgan fingerprint density at radius 1 is 1.17 bits per heavy atom. The van der Waals surface area contributed by atoms with Crippen LogP contribution in [0.5, 0.6) is 0 Å². The molecule has 1 N–H and O–H groups in total. The van der Waals surface area contributed by atoms with E-state index >= 15 is 0 Å². The second kappa shape index (κ2) is 7.01. The molecule has 2 aromatic carbocycles. The molecule has 0 atom stereocenters. The molecule has 3 rings (SSSR count). The minimum absolute atomic E-state index is 0.315. The van der Waals surface area contributed by atoms with E-state index in [1.807, 2.05) is 18.2 Å². The zero-order valence-corrected chi connectivity index (χ0v) is 13.5. The molecule has 0 unspecified atom stereocenters. The third kappa shape index (κ3) is 3.47. The van der Waals surface area contributed by atoms with Crippen LogP contribution in [0.2, 0.25) is 5.02 Å². The van der Waals surface area contributed by atoms with Crippen molar-refractivity contribution >= 4 is 23.2 Å². The van der Waals surface area contributed by atoms with Crippen LogP contribution in [0.4, 0.5) is 0 Å². The first kappa shape index (κ1) is 15.8. The molecule has 0 bridgehead atoms. The van der Waals surface area contributed by atoms with E-state index in [2.05, 4.69) is 26.1 Å². The van der Waals surface area contributed by atoms with E-state index in [9.17, 15) is 4.79 Å². The zero-order chi connectivity index (χ0) is 16.9. The van der Waals surface area contributed by atoms with Crippen molar-refractivity contribution in [2.24, 2.45) is 5.10 Å². The normalized spacial score (nSPS) is 11.3. The number of amides is 1. The van der Waals surface area contributed by atoms with Gasteiger partial charge in [-0.3, -0.25) is 4.79 Å². The Morgan fingerprint density at radius 2 is 1.92 bits per heavy atom. The van der Waals surface area contributed by atoms with Crippen molar-refractivity contribution in [2.75, 3.05) is 0 Å². The first-order chi connectivity index (χ1) is 11.6. The van der Waals surface area contributed by atoms with Crippen LogP contribution in [-0.4, -0.2) is 31.8 Å². The number of halogens is 1. The smallest absolute Gasteiger partial charge is 0.267 e. The number of tetrazole rings is 1. The average Bonchev–Trinajstić information content (AvgIpc) is 3.14. The van der Waals surface area contributed by atoms with Gasteiger partial charge in [0.1, 0.15) is 6.33 Å². The molecular weight excluding hydrogens is 328 g/mol. The number of nitrogens with zero attached hydrogens (tertiary/aromatic N) is 5. The first-order valence-electron chi connectivity index (χ1n) is 7.08. The van der Waals surface area contributed by atoms with Gasteiger partial charge in [-0.1, -0.05) is 29.8 Å². The Morgan fingerprint density at radius 3 is 2.58 bits per heavy atom. The van der Waals surface area contributed by atoms with Crippen molar-refractivity contribution in [3.63, 3.8) is 0 Å². The molecule has 7 nitrogen and oxygen atoms in total. The lowest BCUT2D eigenvalue weighted by Gasteiger charge is -2.05. The molecule has 0 saturated carbocycles. The molecule has 0 saturated heterocycles. The second-order valence-electron chi connectivity index (χ2n) is 4.92. The molecule has 1 aromatic heterocycles. The molecule has 3 aromatic rings. The zero-order valence-electron chi connectivity index (χ0n) is 12.7. The lowest BCUT2D eigenvalue weighted by molar-refractivity contribution is 0.0955. The third-order valence-electron chi connectivity index (χ3n) is 3.33. The third-order valence-corrected chi connectivity index (χ3v) is 3.66. The number of rotatable bonds is 4. The van der Waals surface area contributed by atoms with Gasteiger partial charge < -0.3 is 0 Å². The van der Waals surface area contributed by atoms with Crippen LogP contribution < -0.4 is 5.43 Å². The quantitative estimate of drug-likeness (QED) is 0.584. The summed E-state index contributed by atoms with van der Waals surface area (Å²) in [6.07, 6.45) is 1.48. The Labute approximate surface area is 143 Å². The lowest BCUT2D eigenvalue weighted by Crippen LogP contribution is -2.19. The SMILES string of the molecule is C/C(=N\NC(=O)c1ccc(-n2cnnn2)cc1)c1ccccc1Cl. The molecule has 24 heavy (non-hydrogen) atoms. The van der Waals surface area contributed by atoms with Gasteiger partial charge in [-0.2, -0.15) is 5.10 Å². The van der Waals surface area contributed by atoms with Gasteiger partial charge in [-0.15, -0.1) is 5.10 Å².